The zero-order valence-corrected chi connectivity index (χ0v) is 12.7. The highest BCUT2D eigenvalue weighted by atomic mass is 79.9. The van der Waals surface area contributed by atoms with Crippen LogP contribution in [0, 0.1) is 0 Å². The molecule has 1 nitrogen and oxygen atoms in total. The number of benzene rings is 2. The van der Waals surface area contributed by atoms with Crippen molar-refractivity contribution in [3.05, 3.63) is 43.7 Å². The van der Waals surface area contributed by atoms with Gasteiger partial charge in [0.1, 0.15) is 0 Å². The summed E-state index contributed by atoms with van der Waals surface area (Å²) in [4.78, 5) is 0. The molecule has 0 fully saturated rings. The summed E-state index contributed by atoms with van der Waals surface area (Å²) in [5, 5.41) is 0. The quantitative estimate of drug-likeness (QED) is 0.372. The molecule has 0 saturated carbocycles. The van der Waals surface area contributed by atoms with Crippen LogP contribution in [0.1, 0.15) is 0 Å². The molecule has 0 unspecified atom stereocenters. The topological polar surface area (TPSA) is 12.5 Å². The van der Waals surface area contributed by atoms with Crippen LogP contribution in [0.3, 0.4) is 0 Å². The molecule has 0 aromatic heterocycles. The molecule has 2 aromatic rings. The van der Waals surface area contributed by atoms with Crippen LogP contribution in [-0.4, -0.2) is 0 Å². The largest absolute Gasteiger partial charge is 0.447 e. The van der Waals surface area contributed by atoms with Crippen LogP contribution >= 0.6 is 47.8 Å². The Hall–Kier alpha value is -0.320. The van der Waals surface area contributed by atoms with E-state index in [1.54, 1.807) is 0 Å². The van der Waals surface area contributed by atoms with Crippen LogP contribution in [0.2, 0.25) is 0 Å². The molecular weight excluding hydrogens is 400 g/mol. The Morgan fingerprint density at radius 1 is 0.750 bits per heavy atom. The molecule has 3 rings (SSSR count). The van der Waals surface area contributed by atoms with E-state index in [1.807, 2.05) is 18.2 Å². The van der Waals surface area contributed by atoms with E-state index < -0.39 is 0 Å². The lowest BCUT2D eigenvalue weighted by atomic mass is 10.1. The van der Waals surface area contributed by atoms with Crippen molar-refractivity contribution < 1.29 is 4.74 Å². The first-order valence-electron chi connectivity index (χ1n) is 4.64. The average molecular weight is 405 g/mol. The molecule has 1 aliphatic rings. The maximum absolute atomic E-state index is 5.51. The van der Waals surface area contributed by atoms with Gasteiger partial charge in [0.15, 0.2) is 11.5 Å². The van der Waals surface area contributed by atoms with Gasteiger partial charge in [0.05, 0.1) is 8.95 Å². The van der Waals surface area contributed by atoms with Gasteiger partial charge in [-0.25, -0.2) is 0 Å². The van der Waals surface area contributed by atoms with E-state index in [1.165, 1.54) is 0 Å². The molecule has 0 bridgehead atoms. The minimum Gasteiger partial charge on any atom is -0.447 e. The minimum atomic E-state index is 0.925. The third-order valence-corrected chi connectivity index (χ3v) is 5.87. The van der Waals surface area contributed by atoms with Crippen molar-refractivity contribution in [1.29, 1.82) is 0 Å². The Balaban J connectivity index is 2.29. The van der Waals surface area contributed by atoms with Crippen LogP contribution < -0.4 is 4.74 Å². The molecule has 0 N–H and O–H groups in total. The lowest BCUT2D eigenvalue weighted by Crippen LogP contribution is -1.78. The van der Waals surface area contributed by atoms with Crippen molar-refractivity contribution in [2.75, 3.05) is 0 Å². The van der Waals surface area contributed by atoms with E-state index >= 15 is 0 Å². The first-order chi connectivity index (χ1) is 7.70. The monoisotopic (exact) mass is 402 g/mol. The molecule has 80 valence electrons. The smallest absolute Gasteiger partial charge is 0.186 e. The molecule has 16 heavy (non-hydrogen) atoms. The normalized spacial score (nSPS) is 11.9. The molecule has 0 saturated heterocycles. The Bertz CT molecular complexity index is 579. The highest BCUT2D eigenvalue weighted by molar-refractivity contribution is 9.14. The summed E-state index contributed by atoms with van der Waals surface area (Å²) in [7, 11) is 0. The molecule has 2 aromatic carbocycles. The van der Waals surface area contributed by atoms with E-state index in [-0.39, 0.29) is 0 Å². The molecule has 0 radical (unpaired) electrons. The van der Waals surface area contributed by atoms with Crippen LogP contribution in [-0.2, 0) is 0 Å². The molecule has 1 aliphatic heterocycles. The highest BCUT2D eigenvalue weighted by Gasteiger charge is 2.33. The third kappa shape index (κ3) is 1.55. The number of fused-ring (bicyclic) bond motifs is 1. The predicted octanol–water partition coefficient (Wildman–Crippen LogP) is 5.75. The van der Waals surface area contributed by atoms with Gasteiger partial charge in [-0.3, -0.25) is 0 Å². The van der Waals surface area contributed by atoms with E-state index in [9.17, 15) is 0 Å². The average Bonchev–Trinajstić information content (AvgIpc) is 3.08. The van der Waals surface area contributed by atoms with E-state index in [2.05, 4.69) is 59.9 Å². The number of ether oxygens (including phenoxy) is 1. The van der Waals surface area contributed by atoms with Gasteiger partial charge in [-0.15, -0.1) is 0 Å². The van der Waals surface area contributed by atoms with Crippen molar-refractivity contribution in [1.82, 2.24) is 0 Å². The third-order valence-electron chi connectivity index (χ3n) is 2.46. The Kier molecular flexibility index (Phi) is 2.61. The first kappa shape index (κ1) is 10.8. The first-order valence-corrected chi connectivity index (χ1v) is 7.01. The predicted molar refractivity (Wildman–Crippen MR) is 75.1 cm³/mol. The van der Waals surface area contributed by atoms with Gasteiger partial charge >= 0.3 is 0 Å². The summed E-state index contributed by atoms with van der Waals surface area (Å²) in [6.45, 7) is 0. The van der Waals surface area contributed by atoms with Crippen LogP contribution in [0.25, 0.3) is 11.1 Å². The van der Waals surface area contributed by atoms with Crippen LogP contribution in [0.5, 0.6) is 11.5 Å². The summed E-state index contributed by atoms with van der Waals surface area (Å²) in [6, 6.07) is 10.2. The molecule has 0 spiro atoms. The van der Waals surface area contributed by atoms with Crippen molar-refractivity contribution in [2.45, 2.75) is 0 Å². The minimum absolute atomic E-state index is 0.925. The standard InChI is InChI=1S/C12H5Br3O/c13-8-7(6-4-2-1-3-5-6)11-12(16-11)10(15)9(8)14/h1-5H. The van der Waals surface area contributed by atoms with Crippen LogP contribution in [0.4, 0.5) is 0 Å². The van der Waals surface area contributed by atoms with Crippen molar-refractivity contribution in [3.63, 3.8) is 0 Å². The maximum Gasteiger partial charge on any atom is 0.186 e. The summed E-state index contributed by atoms with van der Waals surface area (Å²) in [5.74, 6) is 1.88. The van der Waals surface area contributed by atoms with Gasteiger partial charge < -0.3 is 4.74 Å². The van der Waals surface area contributed by atoms with Crippen LogP contribution in [0.15, 0.2) is 43.7 Å². The fourth-order valence-electron chi connectivity index (χ4n) is 1.65. The summed E-state index contributed by atoms with van der Waals surface area (Å²) in [6.07, 6.45) is 0. The van der Waals surface area contributed by atoms with E-state index in [0.717, 1.165) is 36.0 Å². The lowest BCUT2D eigenvalue weighted by Gasteiger charge is -2.04. The second kappa shape index (κ2) is 3.86. The second-order valence-electron chi connectivity index (χ2n) is 3.44. The maximum atomic E-state index is 5.51. The fraction of sp³-hybridized carbons (Fsp3) is 0. The molecule has 0 atom stereocenters. The summed E-state index contributed by atoms with van der Waals surface area (Å²) < 4.78 is 8.48. The van der Waals surface area contributed by atoms with Gasteiger partial charge in [0.2, 0.25) is 0 Å². The van der Waals surface area contributed by atoms with E-state index in [0.29, 0.717) is 0 Å². The number of halogens is 3. The van der Waals surface area contributed by atoms with Gasteiger partial charge in [0.25, 0.3) is 0 Å². The van der Waals surface area contributed by atoms with Gasteiger partial charge in [-0.1, -0.05) is 30.3 Å². The molecule has 0 amide bonds. The lowest BCUT2D eigenvalue weighted by molar-refractivity contribution is 0.648. The molecule has 1 heterocycles. The SMILES string of the molecule is Brc1c(Br)c2c(c(-c3ccccc3)c1Br)O2. The fourth-order valence-corrected chi connectivity index (χ4v) is 3.36. The van der Waals surface area contributed by atoms with Crippen molar-refractivity contribution >= 4 is 47.8 Å². The highest BCUT2D eigenvalue weighted by Crippen LogP contribution is 2.61. The van der Waals surface area contributed by atoms with Gasteiger partial charge in [-0.2, -0.15) is 0 Å². The number of rotatable bonds is 1. The summed E-state index contributed by atoms with van der Waals surface area (Å²) >= 11 is 10.6. The Morgan fingerprint density at radius 2 is 1.44 bits per heavy atom. The number of hydrogen-bond acceptors (Lipinski definition) is 1. The number of hydrogen-bond donors (Lipinski definition) is 0. The molecule has 4 heteroatoms. The van der Waals surface area contributed by atoms with Gasteiger partial charge in [0, 0.05) is 10.0 Å². The molecule has 0 aliphatic carbocycles. The van der Waals surface area contributed by atoms with E-state index in [4.69, 9.17) is 4.74 Å². The zero-order valence-electron chi connectivity index (χ0n) is 7.93. The van der Waals surface area contributed by atoms with Crippen molar-refractivity contribution in [2.24, 2.45) is 0 Å². The summed E-state index contributed by atoms with van der Waals surface area (Å²) in [5.41, 5.74) is 2.25. The van der Waals surface area contributed by atoms with Gasteiger partial charge in [-0.05, 0) is 53.4 Å². The second-order valence-corrected chi connectivity index (χ2v) is 5.82. The Labute approximate surface area is 118 Å². The van der Waals surface area contributed by atoms with Crippen molar-refractivity contribution in [3.8, 4) is 22.6 Å². The molecular formula is C12H5Br3O. The zero-order chi connectivity index (χ0) is 11.3. The Morgan fingerprint density at radius 3 is 2.12 bits per heavy atom.